The normalized spacial score (nSPS) is 10.7. The van der Waals surface area contributed by atoms with Crippen LogP contribution in [0.2, 0.25) is 0 Å². The molecule has 0 aliphatic carbocycles. The summed E-state index contributed by atoms with van der Waals surface area (Å²) in [7, 11) is 0. The topological polar surface area (TPSA) is 29.3 Å². The van der Waals surface area contributed by atoms with Crippen LogP contribution in [0.15, 0.2) is 24.3 Å². The third-order valence-corrected chi connectivity index (χ3v) is 2.95. The average Bonchev–Trinajstić information content (AvgIpc) is 2.27. The SMILES string of the molecule is CCC(CC)N(CC)c1ccc(N)cc1. The molecule has 0 aromatic heterocycles. The minimum Gasteiger partial charge on any atom is -0.399 e. The van der Waals surface area contributed by atoms with E-state index in [4.69, 9.17) is 5.73 Å². The Bertz CT molecular complexity index is 275. The molecule has 0 saturated carbocycles. The van der Waals surface area contributed by atoms with Crippen LogP contribution in [-0.4, -0.2) is 12.6 Å². The van der Waals surface area contributed by atoms with E-state index in [0.29, 0.717) is 6.04 Å². The minimum atomic E-state index is 0.638. The van der Waals surface area contributed by atoms with Gasteiger partial charge in [-0.05, 0) is 44.0 Å². The van der Waals surface area contributed by atoms with Crippen LogP contribution in [-0.2, 0) is 0 Å². The van der Waals surface area contributed by atoms with Crippen molar-refractivity contribution in [3.05, 3.63) is 24.3 Å². The van der Waals surface area contributed by atoms with E-state index in [1.807, 2.05) is 12.1 Å². The first-order valence-corrected chi connectivity index (χ1v) is 5.85. The van der Waals surface area contributed by atoms with Gasteiger partial charge in [0, 0.05) is 24.0 Å². The Kier molecular flexibility index (Phi) is 4.47. The van der Waals surface area contributed by atoms with Gasteiger partial charge in [0.1, 0.15) is 0 Å². The van der Waals surface area contributed by atoms with Crippen LogP contribution in [0.3, 0.4) is 0 Å². The third kappa shape index (κ3) is 2.88. The molecule has 0 heterocycles. The van der Waals surface area contributed by atoms with Gasteiger partial charge in [-0.2, -0.15) is 0 Å². The third-order valence-electron chi connectivity index (χ3n) is 2.95. The highest BCUT2D eigenvalue weighted by Gasteiger charge is 2.13. The van der Waals surface area contributed by atoms with Gasteiger partial charge >= 0.3 is 0 Å². The lowest BCUT2D eigenvalue weighted by Gasteiger charge is -2.31. The fraction of sp³-hybridized carbons (Fsp3) is 0.538. The van der Waals surface area contributed by atoms with Gasteiger partial charge in [0.25, 0.3) is 0 Å². The Morgan fingerprint density at radius 2 is 1.60 bits per heavy atom. The van der Waals surface area contributed by atoms with Crippen molar-refractivity contribution >= 4 is 11.4 Å². The Morgan fingerprint density at radius 3 is 2.00 bits per heavy atom. The van der Waals surface area contributed by atoms with Crippen LogP contribution in [0.1, 0.15) is 33.6 Å². The first-order chi connectivity index (χ1) is 7.22. The van der Waals surface area contributed by atoms with Crippen LogP contribution in [0, 0.1) is 0 Å². The fourth-order valence-corrected chi connectivity index (χ4v) is 2.05. The molecule has 1 aromatic carbocycles. The predicted octanol–water partition coefficient (Wildman–Crippen LogP) is 3.28. The Morgan fingerprint density at radius 1 is 1.07 bits per heavy atom. The lowest BCUT2D eigenvalue weighted by Crippen LogP contribution is -2.34. The average molecular weight is 206 g/mol. The molecular weight excluding hydrogens is 184 g/mol. The molecule has 2 nitrogen and oxygen atoms in total. The van der Waals surface area contributed by atoms with E-state index >= 15 is 0 Å². The molecule has 0 aliphatic rings. The molecule has 0 radical (unpaired) electrons. The van der Waals surface area contributed by atoms with Gasteiger partial charge in [0.2, 0.25) is 0 Å². The molecule has 0 saturated heterocycles. The quantitative estimate of drug-likeness (QED) is 0.749. The van der Waals surface area contributed by atoms with E-state index in [-0.39, 0.29) is 0 Å². The molecule has 0 spiro atoms. The van der Waals surface area contributed by atoms with Gasteiger partial charge in [-0.3, -0.25) is 0 Å². The Labute approximate surface area is 93.1 Å². The van der Waals surface area contributed by atoms with Crippen molar-refractivity contribution < 1.29 is 0 Å². The Balaban J connectivity index is 2.86. The molecule has 0 unspecified atom stereocenters. The van der Waals surface area contributed by atoms with Gasteiger partial charge in [0.05, 0.1) is 0 Å². The number of nitrogen functional groups attached to an aromatic ring is 1. The van der Waals surface area contributed by atoms with Crippen LogP contribution in [0.4, 0.5) is 11.4 Å². The summed E-state index contributed by atoms with van der Waals surface area (Å²) in [6, 6.07) is 8.80. The molecular formula is C13H22N2. The zero-order chi connectivity index (χ0) is 11.3. The van der Waals surface area contributed by atoms with E-state index in [1.165, 1.54) is 18.5 Å². The molecule has 0 bridgehead atoms. The van der Waals surface area contributed by atoms with Crippen LogP contribution in [0.5, 0.6) is 0 Å². The lowest BCUT2D eigenvalue weighted by molar-refractivity contribution is 0.567. The summed E-state index contributed by atoms with van der Waals surface area (Å²) in [6.45, 7) is 7.74. The summed E-state index contributed by atoms with van der Waals surface area (Å²) >= 11 is 0. The Hall–Kier alpha value is -1.18. The summed E-state index contributed by atoms with van der Waals surface area (Å²) in [5, 5.41) is 0. The highest BCUT2D eigenvalue weighted by Crippen LogP contribution is 2.21. The molecule has 0 atom stereocenters. The van der Waals surface area contributed by atoms with Gasteiger partial charge in [0.15, 0.2) is 0 Å². The van der Waals surface area contributed by atoms with Crippen molar-refractivity contribution in [2.45, 2.75) is 39.7 Å². The van der Waals surface area contributed by atoms with Gasteiger partial charge < -0.3 is 10.6 Å². The number of benzene rings is 1. The summed E-state index contributed by atoms with van der Waals surface area (Å²) in [6.07, 6.45) is 2.38. The monoisotopic (exact) mass is 206 g/mol. The minimum absolute atomic E-state index is 0.638. The van der Waals surface area contributed by atoms with Crippen molar-refractivity contribution in [2.24, 2.45) is 0 Å². The molecule has 1 aromatic rings. The summed E-state index contributed by atoms with van der Waals surface area (Å²) in [5.41, 5.74) is 7.80. The molecule has 0 fully saturated rings. The smallest absolute Gasteiger partial charge is 0.0370 e. The van der Waals surface area contributed by atoms with E-state index < -0.39 is 0 Å². The molecule has 2 heteroatoms. The molecule has 0 amide bonds. The molecule has 2 N–H and O–H groups in total. The van der Waals surface area contributed by atoms with Crippen LogP contribution >= 0.6 is 0 Å². The molecule has 15 heavy (non-hydrogen) atoms. The van der Waals surface area contributed by atoms with Crippen molar-refractivity contribution in [3.63, 3.8) is 0 Å². The van der Waals surface area contributed by atoms with Crippen LogP contribution < -0.4 is 10.6 Å². The van der Waals surface area contributed by atoms with E-state index in [9.17, 15) is 0 Å². The zero-order valence-electron chi connectivity index (χ0n) is 10.0. The lowest BCUT2D eigenvalue weighted by atomic mass is 10.1. The van der Waals surface area contributed by atoms with Crippen molar-refractivity contribution in [3.8, 4) is 0 Å². The highest BCUT2D eigenvalue weighted by molar-refractivity contribution is 5.53. The summed E-state index contributed by atoms with van der Waals surface area (Å²) in [5.74, 6) is 0. The number of nitrogens with two attached hydrogens (primary N) is 1. The number of nitrogens with zero attached hydrogens (tertiary/aromatic N) is 1. The van der Waals surface area contributed by atoms with Crippen molar-refractivity contribution in [1.29, 1.82) is 0 Å². The highest BCUT2D eigenvalue weighted by atomic mass is 15.2. The zero-order valence-corrected chi connectivity index (χ0v) is 10.0. The first-order valence-electron chi connectivity index (χ1n) is 5.85. The van der Waals surface area contributed by atoms with Crippen molar-refractivity contribution in [1.82, 2.24) is 0 Å². The van der Waals surface area contributed by atoms with Gasteiger partial charge in [-0.1, -0.05) is 13.8 Å². The number of hydrogen-bond donors (Lipinski definition) is 1. The van der Waals surface area contributed by atoms with Gasteiger partial charge in [-0.25, -0.2) is 0 Å². The number of anilines is 2. The fourth-order valence-electron chi connectivity index (χ4n) is 2.05. The summed E-state index contributed by atoms with van der Waals surface area (Å²) < 4.78 is 0. The number of hydrogen-bond acceptors (Lipinski definition) is 2. The maximum absolute atomic E-state index is 5.69. The summed E-state index contributed by atoms with van der Waals surface area (Å²) in [4.78, 5) is 2.44. The largest absolute Gasteiger partial charge is 0.399 e. The van der Waals surface area contributed by atoms with Crippen molar-refractivity contribution in [2.75, 3.05) is 17.2 Å². The first kappa shape index (κ1) is 11.9. The van der Waals surface area contributed by atoms with Gasteiger partial charge in [-0.15, -0.1) is 0 Å². The predicted molar refractivity (Wildman–Crippen MR) is 68.2 cm³/mol. The molecule has 0 aliphatic heterocycles. The van der Waals surface area contributed by atoms with E-state index in [0.717, 1.165) is 12.2 Å². The second kappa shape index (κ2) is 5.64. The maximum atomic E-state index is 5.69. The standard InChI is InChI=1S/C13H22N2/c1-4-12(5-2)15(6-3)13-9-7-11(14)8-10-13/h7-10,12H,4-6,14H2,1-3H3. The van der Waals surface area contributed by atoms with E-state index in [1.54, 1.807) is 0 Å². The maximum Gasteiger partial charge on any atom is 0.0370 e. The number of rotatable bonds is 5. The van der Waals surface area contributed by atoms with E-state index in [2.05, 4.69) is 37.8 Å². The molecule has 84 valence electrons. The molecule has 1 rings (SSSR count). The second-order valence-corrected chi connectivity index (χ2v) is 3.85. The second-order valence-electron chi connectivity index (χ2n) is 3.85. The van der Waals surface area contributed by atoms with Crippen LogP contribution in [0.25, 0.3) is 0 Å².